The first kappa shape index (κ1) is 14.2. The van der Waals surface area contributed by atoms with E-state index in [2.05, 4.69) is 4.74 Å². The van der Waals surface area contributed by atoms with Crippen LogP contribution in [0.1, 0.15) is 19.3 Å². The summed E-state index contributed by atoms with van der Waals surface area (Å²) in [6.45, 7) is -1.24. The van der Waals surface area contributed by atoms with Gasteiger partial charge in [0.25, 0.3) is 0 Å². The van der Waals surface area contributed by atoms with Gasteiger partial charge in [-0.25, -0.2) is 0 Å². The molecule has 0 heterocycles. The molecular weight excluding hydrogens is 237 g/mol. The van der Waals surface area contributed by atoms with Crippen LogP contribution in [0.4, 0.5) is 13.2 Å². The Balaban J connectivity index is 2.32. The average Bonchev–Trinajstić information content (AvgIpc) is 2.12. The molecule has 1 aliphatic rings. The second-order valence-electron chi connectivity index (χ2n) is 4.07. The summed E-state index contributed by atoms with van der Waals surface area (Å²) < 4.78 is 39.8. The molecule has 100 valence electrons. The molecule has 0 bridgehead atoms. The lowest BCUT2D eigenvalue weighted by atomic mass is 9.91. The number of nitrogens with two attached hydrogens (primary N) is 1. The van der Waals surface area contributed by atoms with Crippen molar-refractivity contribution in [3.05, 3.63) is 0 Å². The minimum absolute atomic E-state index is 0.125. The van der Waals surface area contributed by atoms with Crippen molar-refractivity contribution < 1.29 is 22.7 Å². The van der Waals surface area contributed by atoms with E-state index in [1.165, 1.54) is 4.90 Å². The highest BCUT2D eigenvalue weighted by Gasteiger charge is 2.30. The standard InChI is InChI=1S/C10H17F3N2O2/c11-10(12,13)7-17-6-9(16)15(5-4-14)8-2-1-3-8/h8H,1-7,14H2. The molecule has 7 heteroatoms. The second kappa shape index (κ2) is 6.20. The van der Waals surface area contributed by atoms with Gasteiger partial charge in [-0.2, -0.15) is 13.2 Å². The van der Waals surface area contributed by atoms with Crippen LogP contribution < -0.4 is 5.73 Å². The van der Waals surface area contributed by atoms with Gasteiger partial charge in [0.1, 0.15) is 13.2 Å². The topological polar surface area (TPSA) is 55.6 Å². The van der Waals surface area contributed by atoms with Crippen LogP contribution in [0.2, 0.25) is 0 Å². The van der Waals surface area contributed by atoms with Crippen molar-refractivity contribution >= 4 is 5.91 Å². The summed E-state index contributed by atoms with van der Waals surface area (Å²) in [7, 11) is 0. The molecule has 1 aliphatic carbocycles. The fourth-order valence-corrected chi connectivity index (χ4v) is 1.69. The maximum atomic E-state index is 11.8. The number of amides is 1. The van der Waals surface area contributed by atoms with Crippen LogP contribution in [-0.2, 0) is 9.53 Å². The average molecular weight is 254 g/mol. The molecule has 1 rings (SSSR count). The molecular formula is C10H17F3N2O2. The van der Waals surface area contributed by atoms with Gasteiger partial charge in [0.2, 0.25) is 5.91 Å². The third-order valence-corrected chi connectivity index (χ3v) is 2.70. The first-order chi connectivity index (χ1) is 7.94. The van der Waals surface area contributed by atoms with Gasteiger partial charge >= 0.3 is 6.18 Å². The lowest BCUT2D eigenvalue weighted by Crippen LogP contribution is -2.48. The predicted molar refractivity (Wildman–Crippen MR) is 55.3 cm³/mol. The van der Waals surface area contributed by atoms with E-state index in [0.717, 1.165) is 19.3 Å². The third-order valence-electron chi connectivity index (χ3n) is 2.70. The van der Waals surface area contributed by atoms with Crippen molar-refractivity contribution in [3.8, 4) is 0 Å². The van der Waals surface area contributed by atoms with Crippen LogP contribution in [0, 0.1) is 0 Å². The molecule has 17 heavy (non-hydrogen) atoms. The molecule has 0 unspecified atom stereocenters. The quantitative estimate of drug-likeness (QED) is 0.766. The van der Waals surface area contributed by atoms with Crippen LogP contribution in [-0.4, -0.2) is 49.3 Å². The van der Waals surface area contributed by atoms with Crippen molar-refractivity contribution in [1.29, 1.82) is 0 Å². The first-order valence-corrected chi connectivity index (χ1v) is 5.58. The van der Waals surface area contributed by atoms with Gasteiger partial charge in [-0.05, 0) is 19.3 Å². The fourth-order valence-electron chi connectivity index (χ4n) is 1.69. The molecule has 0 radical (unpaired) electrons. The van der Waals surface area contributed by atoms with Gasteiger partial charge in [0, 0.05) is 19.1 Å². The van der Waals surface area contributed by atoms with Gasteiger partial charge in [0.05, 0.1) is 0 Å². The summed E-state index contributed by atoms with van der Waals surface area (Å²) in [5, 5.41) is 0. The number of alkyl halides is 3. The van der Waals surface area contributed by atoms with Crippen LogP contribution in [0.25, 0.3) is 0 Å². The number of carbonyl (C=O) groups excluding carboxylic acids is 1. The first-order valence-electron chi connectivity index (χ1n) is 5.58. The van der Waals surface area contributed by atoms with Gasteiger partial charge < -0.3 is 15.4 Å². The highest BCUT2D eigenvalue weighted by molar-refractivity contribution is 5.77. The van der Waals surface area contributed by atoms with Crippen molar-refractivity contribution in [2.75, 3.05) is 26.3 Å². The number of hydrogen-bond acceptors (Lipinski definition) is 3. The SMILES string of the molecule is NCCN(C(=O)COCC(F)(F)F)C1CCC1. The zero-order chi connectivity index (χ0) is 12.9. The molecule has 0 atom stereocenters. The summed E-state index contributed by atoms with van der Waals surface area (Å²) in [4.78, 5) is 13.2. The molecule has 0 aliphatic heterocycles. The van der Waals surface area contributed by atoms with Gasteiger partial charge in [-0.3, -0.25) is 4.79 Å². The maximum Gasteiger partial charge on any atom is 0.411 e. The Morgan fingerprint density at radius 2 is 2.06 bits per heavy atom. The van der Waals surface area contributed by atoms with E-state index >= 15 is 0 Å². The molecule has 2 N–H and O–H groups in total. The zero-order valence-corrected chi connectivity index (χ0v) is 9.50. The van der Waals surface area contributed by atoms with Crippen molar-refractivity contribution in [1.82, 2.24) is 4.90 Å². The van der Waals surface area contributed by atoms with Crippen LogP contribution in [0.5, 0.6) is 0 Å². The summed E-state index contributed by atoms with van der Waals surface area (Å²) in [6, 6.07) is 0.125. The minimum atomic E-state index is -4.39. The Bertz CT molecular complexity index is 254. The Labute approximate surface area is 97.9 Å². The molecule has 0 spiro atoms. The lowest BCUT2D eigenvalue weighted by Gasteiger charge is -2.37. The summed E-state index contributed by atoms with van der Waals surface area (Å²) in [5.74, 6) is -0.413. The predicted octanol–water partition coefficient (Wildman–Crippen LogP) is 0.905. The largest absolute Gasteiger partial charge is 0.411 e. The van der Waals surface area contributed by atoms with E-state index in [0.29, 0.717) is 13.1 Å². The number of hydrogen-bond donors (Lipinski definition) is 1. The van der Waals surface area contributed by atoms with E-state index in [-0.39, 0.29) is 6.04 Å². The van der Waals surface area contributed by atoms with Gasteiger partial charge in [-0.15, -0.1) is 0 Å². The third kappa shape index (κ3) is 4.91. The molecule has 4 nitrogen and oxygen atoms in total. The van der Waals surface area contributed by atoms with Crippen molar-refractivity contribution in [3.63, 3.8) is 0 Å². The smallest absolute Gasteiger partial charge is 0.362 e. The number of carbonyl (C=O) groups is 1. The minimum Gasteiger partial charge on any atom is -0.362 e. The Morgan fingerprint density at radius 1 is 1.41 bits per heavy atom. The monoisotopic (exact) mass is 254 g/mol. The van der Waals surface area contributed by atoms with Crippen molar-refractivity contribution in [2.45, 2.75) is 31.5 Å². The van der Waals surface area contributed by atoms with E-state index in [9.17, 15) is 18.0 Å². The number of nitrogens with zero attached hydrogens (tertiary/aromatic N) is 1. The van der Waals surface area contributed by atoms with Crippen LogP contribution in [0.15, 0.2) is 0 Å². The summed E-state index contributed by atoms with van der Waals surface area (Å²) in [6.07, 6.45) is -1.56. The molecule has 0 aromatic rings. The van der Waals surface area contributed by atoms with E-state index in [1.807, 2.05) is 0 Å². The normalized spacial score (nSPS) is 16.7. The number of halogens is 3. The van der Waals surface area contributed by atoms with Crippen LogP contribution >= 0.6 is 0 Å². The number of rotatable bonds is 6. The van der Waals surface area contributed by atoms with Gasteiger partial charge in [0.15, 0.2) is 0 Å². The molecule has 1 fully saturated rings. The Hall–Kier alpha value is -0.820. The molecule has 0 aromatic carbocycles. The lowest BCUT2D eigenvalue weighted by molar-refractivity contribution is -0.178. The van der Waals surface area contributed by atoms with Crippen molar-refractivity contribution in [2.24, 2.45) is 5.73 Å². The van der Waals surface area contributed by atoms with E-state index in [1.54, 1.807) is 0 Å². The van der Waals surface area contributed by atoms with Gasteiger partial charge in [-0.1, -0.05) is 0 Å². The Morgan fingerprint density at radius 3 is 2.47 bits per heavy atom. The highest BCUT2D eigenvalue weighted by Crippen LogP contribution is 2.24. The second-order valence-corrected chi connectivity index (χ2v) is 4.07. The molecule has 0 aromatic heterocycles. The molecule has 1 amide bonds. The highest BCUT2D eigenvalue weighted by atomic mass is 19.4. The molecule has 1 saturated carbocycles. The van der Waals surface area contributed by atoms with Crippen LogP contribution in [0.3, 0.4) is 0 Å². The summed E-state index contributed by atoms with van der Waals surface area (Å²) >= 11 is 0. The summed E-state index contributed by atoms with van der Waals surface area (Å²) in [5.41, 5.74) is 5.37. The molecule has 0 saturated heterocycles. The van der Waals surface area contributed by atoms with E-state index < -0.39 is 25.3 Å². The zero-order valence-electron chi connectivity index (χ0n) is 9.50. The van der Waals surface area contributed by atoms with E-state index in [4.69, 9.17) is 5.73 Å². The number of ether oxygens (including phenoxy) is 1. The fraction of sp³-hybridized carbons (Fsp3) is 0.900. The maximum absolute atomic E-state index is 11.8. The Kier molecular flexibility index (Phi) is 5.20.